The predicted octanol–water partition coefficient (Wildman–Crippen LogP) is 3.98. The van der Waals surface area contributed by atoms with Gasteiger partial charge in [-0.1, -0.05) is 37.3 Å². The smallest absolute Gasteiger partial charge is 0.0165 e. The fraction of sp³-hybridized carbons (Fsp3) is 0.889. The summed E-state index contributed by atoms with van der Waals surface area (Å²) in [7, 11) is 0. The molecule has 0 amide bonds. The molecule has 0 aromatic heterocycles. The summed E-state index contributed by atoms with van der Waals surface area (Å²) in [5.41, 5.74) is 1.44. The van der Waals surface area contributed by atoms with Gasteiger partial charge in [0.2, 0.25) is 0 Å². The molecule has 0 aromatic rings. The normalized spacial score (nSPS) is 22.3. The lowest BCUT2D eigenvalue weighted by atomic mass is 10.0. The van der Waals surface area contributed by atoms with Gasteiger partial charge in [0.15, 0.2) is 0 Å². The van der Waals surface area contributed by atoms with E-state index < -0.39 is 0 Å². The Morgan fingerprint density at radius 3 is 2.45 bits per heavy atom. The van der Waals surface area contributed by atoms with Crippen LogP contribution in [-0.2, 0) is 0 Å². The molecular formula is C18H34N2. The van der Waals surface area contributed by atoms with Crippen molar-refractivity contribution in [3.8, 4) is 0 Å². The fourth-order valence-corrected chi connectivity index (χ4v) is 3.63. The van der Waals surface area contributed by atoms with Crippen molar-refractivity contribution in [2.75, 3.05) is 26.2 Å². The van der Waals surface area contributed by atoms with Crippen molar-refractivity contribution in [3.05, 3.63) is 11.6 Å². The number of piperidine rings is 1. The van der Waals surface area contributed by atoms with Gasteiger partial charge < -0.3 is 5.32 Å². The third-order valence-corrected chi connectivity index (χ3v) is 5.04. The molecule has 0 spiro atoms. The molecule has 0 radical (unpaired) electrons. The van der Waals surface area contributed by atoms with Crippen molar-refractivity contribution in [1.82, 2.24) is 10.2 Å². The van der Waals surface area contributed by atoms with E-state index in [-0.39, 0.29) is 0 Å². The lowest BCUT2D eigenvalue weighted by molar-refractivity contribution is 0.214. The SMILES string of the molecule is CC(C)=CCN1CCC(NCCCC2CCCC2)CC1. The van der Waals surface area contributed by atoms with Crippen LogP contribution < -0.4 is 5.32 Å². The topological polar surface area (TPSA) is 15.3 Å². The standard InChI is InChI=1S/C18H34N2/c1-16(2)9-13-20-14-10-18(11-15-20)19-12-5-8-17-6-3-4-7-17/h9,17-19H,3-8,10-15H2,1-2H3. The van der Waals surface area contributed by atoms with Gasteiger partial charge in [0.05, 0.1) is 0 Å². The third-order valence-electron chi connectivity index (χ3n) is 5.04. The second-order valence-electron chi connectivity index (χ2n) is 7.10. The Balaban J connectivity index is 1.50. The number of rotatable bonds is 7. The van der Waals surface area contributed by atoms with E-state index in [1.807, 2.05) is 0 Å². The molecule has 1 saturated heterocycles. The van der Waals surface area contributed by atoms with Crippen LogP contribution in [0.2, 0.25) is 0 Å². The van der Waals surface area contributed by atoms with Crippen LogP contribution in [0.5, 0.6) is 0 Å². The molecule has 1 N–H and O–H groups in total. The van der Waals surface area contributed by atoms with Crippen molar-refractivity contribution in [2.45, 2.75) is 71.3 Å². The number of hydrogen-bond donors (Lipinski definition) is 1. The van der Waals surface area contributed by atoms with E-state index in [4.69, 9.17) is 0 Å². The van der Waals surface area contributed by atoms with Crippen LogP contribution in [0.4, 0.5) is 0 Å². The van der Waals surface area contributed by atoms with Crippen LogP contribution in [0, 0.1) is 5.92 Å². The Kier molecular flexibility index (Phi) is 7.09. The molecule has 1 saturated carbocycles. The Morgan fingerprint density at radius 1 is 1.10 bits per heavy atom. The molecule has 0 atom stereocenters. The quantitative estimate of drug-likeness (QED) is 0.560. The number of allylic oxidation sites excluding steroid dienone is 1. The molecule has 2 fully saturated rings. The van der Waals surface area contributed by atoms with Crippen molar-refractivity contribution in [2.24, 2.45) is 5.92 Å². The van der Waals surface area contributed by atoms with Crippen LogP contribution in [-0.4, -0.2) is 37.1 Å². The zero-order chi connectivity index (χ0) is 14.2. The van der Waals surface area contributed by atoms with Gasteiger partial charge in [0.25, 0.3) is 0 Å². The molecule has 1 heterocycles. The maximum Gasteiger partial charge on any atom is 0.0165 e. The highest BCUT2D eigenvalue weighted by atomic mass is 15.1. The molecular weight excluding hydrogens is 244 g/mol. The highest BCUT2D eigenvalue weighted by molar-refractivity contribution is 4.95. The number of nitrogens with one attached hydrogen (secondary N) is 1. The third kappa shape index (κ3) is 5.97. The average molecular weight is 278 g/mol. The lowest BCUT2D eigenvalue weighted by Crippen LogP contribution is -2.42. The van der Waals surface area contributed by atoms with Gasteiger partial charge in [-0.05, 0) is 65.1 Å². The molecule has 0 bridgehead atoms. The Bertz CT molecular complexity index is 280. The summed E-state index contributed by atoms with van der Waals surface area (Å²) in [5.74, 6) is 1.06. The largest absolute Gasteiger partial charge is 0.314 e. The lowest BCUT2D eigenvalue weighted by Gasteiger charge is -2.32. The molecule has 0 unspecified atom stereocenters. The predicted molar refractivity (Wildman–Crippen MR) is 88.1 cm³/mol. The summed E-state index contributed by atoms with van der Waals surface area (Å²) in [6.45, 7) is 9.32. The maximum absolute atomic E-state index is 3.79. The Morgan fingerprint density at radius 2 is 1.80 bits per heavy atom. The van der Waals surface area contributed by atoms with Crippen LogP contribution in [0.25, 0.3) is 0 Å². The first-order valence-corrected chi connectivity index (χ1v) is 8.83. The second-order valence-corrected chi connectivity index (χ2v) is 7.10. The Labute approximate surface area is 126 Å². The molecule has 1 aliphatic carbocycles. The van der Waals surface area contributed by atoms with Gasteiger partial charge >= 0.3 is 0 Å². The summed E-state index contributed by atoms with van der Waals surface area (Å²) >= 11 is 0. The minimum atomic E-state index is 0.779. The monoisotopic (exact) mass is 278 g/mol. The first-order valence-electron chi connectivity index (χ1n) is 8.83. The van der Waals surface area contributed by atoms with Crippen LogP contribution in [0.1, 0.15) is 65.2 Å². The molecule has 116 valence electrons. The maximum atomic E-state index is 3.79. The zero-order valence-electron chi connectivity index (χ0n) is 13.7. The molecule has 1 aliphatic heterocycles. The van der Waals surface area contributed by atoms with E-state index in [0.29, 0.717) is 0 Å². The molecule has 2 rings (SSSR count). The van der Waals surface area contributed by atoms with E-state index in [0.717, 1.165) is 18.5 Å². The van der Waals surface area contributed by atoms with E-state index in [1.54, 1.807) is 0 Å². The number of likely N-dealkylation sites (tertiary alicyclic amines) is 1. The summed E-state index contributed by atoms with van der Waals surface area (Å²) in [6.07, 6.45) is 13.9. The summed E-state index contributed by atoms with van der Waals surface area (Å²) < 4.78 is 0. The first kappa shape index (κ1) is 16.0. The summed E-state index contributed by atoms with van der Waals surface area (Å²) in [6, 6.07) is 0.779. The van der Waals surface area contributed by atoms with Gasteiger partial charge in [-0.2, -0.15) is 0 Å². The van der Waals surface area contributed by atoms with Crippen molar-refractivity contribution in [3.63, 3.8) is 0 Å². The van der Waals surface area contributed by atoms with E-state index in [1.165, 1.54) is 76.6 Å². The fourth-order valence-electron chi connectivity index (χ4n) is 3.63. The van der Waals surface area contributed by atoms with Crippen LogP contribution in [0.3, 0.4) is 0 Å². The van der Waals surface area contributed by atoms with Crippen molar-refractivity contribution < 1.29 is 0 Å². The van der Waals surface area contributed by atoms with Gasteiger partial charge in [-0.15, -0.1) is 0 Å². The molecule has 2 nitrogen and oxygen atoms in total. The average Bonchev–Trinajstić information content (AvgIpc) is 2.96. The van der Waals surface area contributed by atoms with Gasteiger partial charge in [-0.25, -0.2) is 0 Å². The number of nitrogens with zero attached hydrogens (tertiary/aromatic N) is 1. The van der Waals surface area contributed by atoms with Gasteiger partial charge in [0.1, 0.15) is 0 Å². The molecule has 0 aromatic carbocycles. The van der Waals surface area contributed by atoms with Crippen LogP contribution in [0.15, 0.2) is 11.6 Å². The van der Waals surface area contributed by atoms with E-state index in [9.17, 15) is 0 Å². The van der Waals surface area contributed by atoms with Crippen molar-refractivity contribution >= 4 is 0 Å². The van der Waals surface area contributed by atoms with E-state index >= 15 is 0 Å². The van der Waals surface area contributed by atoms with Crippen molar-refractivity contribution in [1.29, 1.82) is 0 Å². The Hall–Kier alpha value is -0.340. The number of hydrogen-bond acceptors (Lipinski definition) is 2. The molecule has 2 heteroatoms. The molecule has 2 aliphatic rings. The van der Waals surface area contributed by atoms with Crippen LogP contribution >= 0.6 is 0 Å². The first-order chi connectivity index (χ1) is 9.74. The second kappa shape index (κ2) is 8.84. The van der Waals surface area contributed by atoms with E-state index in [2.05, 4.69) is 30.1 Å². The molecule has 20 heavy (non-hydrogen) atoms. The minimum Gasteiger partial charge on any atom is -0.314 e. The van der Waals surface area contributed by atoms with Gasteiger partial charge in [0, 0.05) is 12.6 Å². The van der Waals surface area contributed by atoms with Gasteiger partial charge in [-0.3, -0.25) is 4.90 Å². The zero-order valence-corrected chi connectivity index (χ0v) is 13.7. The highest BCUT2D eigenvalue weighted by Crippen LogP contribution is 2.28. The summed E-state index contributed by atoms with van der Waals surface area (Å²) in [4.78, 5) is 2.59. The minimum absolute atomic E-state index is 0.779. The summed E-state index contributed by atoms with van der Waals surface area (Å²) in [5, 5.41) is 3.79. The highest BCUT2D eigenvalue weighted by Gasteiger charge is 2.18.